The predicted octanol–water partition coefficient (Wildman–Crippen LogP) is 4.28. The number of likely N-dealkylation sites (N-methyl/N-ethyl adjacent to an activating group) is 1. The number of carbonyl (C=O) groups is 2. The number of nitrogens with one attached hydrogen (secondary N) is 2. The quantitative estimate of drug-likeness (QED) is 0.466. The Morgan fingerprint density at radius 2 is 1.59 bits per heavy atom. The van der Waals surface area contributed by atoms with E-state index in [2.05, 4.69) is 10.0 Å². The first-order chi connectivity index (χ1) is 18.7. The lowest BCUT2D eigenvalue weighted by Gasteiger charge is -2.37. The highest BCUT2D eigenvalue weighted by Gasteiger charge is 2.45. The van der Waals surface area contributed by atoms with Crippen LogP contribution in [0, 0.1) is 0 Å². The normalized spacial score (nSPS) is 19.0. The molecule has 0 saturated heterocycles. The first-order valence-electron chi connectivity index (χ1n) is 12.8. The number of rotatable bonds is 6. The van der Waals surface area contributed by atoms with Gasteiger partial charge in [0.15, 0.2) is 0 Å². The fourth-order valence-electron chi connectivity index (χ4n) is 5.17. The molecule has 5 rings (SSSR count). The minimum atomic E-state index is -4.05. The standard InChI is InChI=1S/C29H29ClN4O4S/c1-34-24-13-7-6-12-23(24)25(20-10-4-2-5-11-20)31-26(27(34)35)32-28(36)29(18-8-3-9-19-29)33-39(37,38)22-16-14-21(30)15-17-22/h2,4-7,10-17,26,33H,3,8-9,18-19H2,1H3,(H,32,36). The molecule has 0 bridgehead atoms. The molecule has 1 heterocycles. The number of nitrogens with zero attached hydrogens (tertiary/aromatic N) is 2. The van der Waals surface area contributed by atoms with Crippen molar-refractivity contribution in [2.75, 3.05) is 11.9 Å². The van der Waals surface area contributed by atoms with Crippen LogP contribution in [-0.2, 0) is 19.6 Å². The molecule has 3 aromatic carbocycles. The maximum atomic E-state index is 13.9. The molecule has 10 heteroatoms. The molecule has 0 radical (unpaired) electrons. The number of amides is 2. The van der Waals surface area contributed by atoms with Gasteiger partial charge in [-0.3, -0.25) is 9.59 Å². The van der Waals surface area contributed by atoms with E-state index in [0.29, 0.717) is 42.1 Å². The van der Waals surface area contributed by atoms with Gasteiger partial charge in [-0.2, -0.15) is 4.72 Å². The van der Waals surface area contributed by atoms with Crippen molar-refractivity contribution in [3.8, 4) is 0 Å². The molecule has 2 aliphatic rings. The molecule has 202 valence electrons. The molecule has 1 atom stereocenters. The number of hydrogen-bond acceptors (Lipinski definition) is 5. The van der Waals surface area contributed by atoms with E-state index >= 15 is 0 Å². The molecule has 1 fully saturated rings. The lowest BCUT2D eigenvalue weighted by molar-refractivity contribution is -0.132. The van der Waals surface area contributed by atoms with Gasteiger partial charge in [0.2, 0.25) is 22.1 Å². The molecule has 1 aliphatic heterocycles. The van der Waals surface area contributed by atoms with E-state index in [1.54, 1.807) is 7.05 Å². The summed E-state index contributed by atoms with van der Waals surface area (Å²) < 4.78 is 29.3. The maximum Gasteiger partial charge on any atom is 0.272 e. The van der Waals surface area contributed by atoms with E-state index < -0.39 is 33.5 Å². The van der Waals surface area contributed by atoms with E-state index in [-0.39, 0.29) is 4.90 Å². The van der Waals surface area contributed by atoms with Crippen molar-refractivity contribution < 1.29 is 18.0 Å². The van der Waals surface area contributed by atoms with Crippen LogP contribution in [0.3, 0.4) is 0 Å². The van der Waals surface area contributed by atoms with Crippen LogP contribution in [0.25, 0.3) is 0 Å². The van der Waals surface area contributed by atoms with Gasteiger partial charge in [-0.15, -0.1) is 0 Å². The van der Waals surface area contributed by atoms with Gasteiger partial charge in [0.05, 0.1) is 16.3 Å². The summed E-state index contributed by atoms with van der Waals surface area (Å²) in [6, 6.07) is 22.7. The summed E-state index contributed by atoms with van der Waals surface area (Å²) in [5.74, 6) is -0.998. The number of fused-ring (bicyclic) bond motifs is 1. The van der Waals surface area contributed by atoms with Gasteiger partial charge in [0.25, 0.3) is 5.91 Å². The van der Waals surface area contributed by atoms with Crippen molar-refractivity contribution in [3.05, 3.63) is 95.0 Å². The Kier molecular flexibility index (Phi) is 7.57. The zero-order valence-corrected chi connectivity index (χ0v) is 23.0. The van der Waals surface area contributed by atoms with Crippen LogP contribution >= 0.6 is 11.6 Å². The zero-order chi connectivity index (χ0) is 27.6. The number of halogens is 1. The smallest absolute Gasteiger partial charge is 0.272 e. The molecule has 1 unspecified atom stereocenters. The lowest BCUT2D eigenvalue weighted by Crippen LogP contribution is -2.62. The van der Waals surface area contributed by atoms with Gasteiger partial charge >= 0.3 is 0 Å². The van der Waals surface area contributed by atoms with Crippen molar-refractivity contribution in [2.24, 2.45) is 4.99 Å². The molecule has 3 aromatic rings. The first kappa shape index (κ1) is 27.1. The van der Waals surface area contributed by atoms with Gasteiger partial charge in [-0.25, -0.2) is 13.4 Å². The molecule has 1 aliphatic carbocycles. The number of hydrogen-bond donors (Lipinski definition) is 2. The van der Waals surface area contributed by atoms with Crippen molar-refractivity contribution in [1.29, 1.82) is 0 Å². The van der Waals surface area contributed by atoms with Crippen LogP contribution < -0.4 is 14.9 Å². The van der Waals surface area contributed by atoms with Gasteiger partial charge in [-0.1, -0.05) is 79.4 Å². The first-order valence-corrected chi connectivity index (χ1v) is 14.7. The van der Waals surface area contributed by atoms with E-state index in [4.69, 9.17) is 16.6 Å². The number of para-hydroxylation sites is 1. The summed E-state index contributed by atoms with van der Waals surface area (Å²) in [4.78, 5) is 33.8. The monoisotopic (exact) mass is 564 g/mol. The van der Waals surface area contributed by atoms with Gasteiger partial charge in [0, 0.05) is 23.2 Å². The Morgan fingerprint density at radius 1 is 0.949 bits per heavy atom. The number of sulfonamides is 1. The molecule has 39 heavy (non-hydrogen) atoms. The van der Waals surface area contributed by atoms with Crippen LogP contribution in [0.1, 0.15) is 43.2 Å². The Hall–Kier alpha value is -3.53. The third kappa shape index (κ3) is 5.48. The second-order valence-corrected chi connectivity index (χ2v) is 12.0. The molecule has 0 aromatic heterocycles. The zero-order valence-electron chi connectivity index (χ0n) is 21.4. The number of benzene rings is 3. The summed E-state index contributed by atoms with van der Waals surface area (Å²) in [6.07, 6.45) is 1.58. The number of benzodiazepines with no additional fused rings is 1. The summed E-state index contributed by atoms with van der Waals surface area (Å²) in [7, 11) is -2.41. The van der Waals surface area contributed by atoms with Gasteiger partial charge < -0.3 is 10.2 Å². The third-order valence-corrected chi connectivity index (χ3v) is 9.06. The Balaban J connectivity index is 1.51. The molecule has 1 saturated carbocycles. The lowest BCUT2D eigenvalue weighted by atomic mass is 9.82. The topological polar surface area (TPSA) is 108 Å². The Bertz CT molecular complexity index is 1520. The molecular weight excluding hydrogens is 536 g/mol. The van der Waals surface area contributed by atoms with Crippen LogP contribution in [0.2, 0.25) is 5.02 Å². The summed E-state index contributed by atoms with van der Waals surface area (Å²) in [5.41, 5.74) is 1.36. The summed E-state index contributed by atoms with van der Waals surface area (Å²) >= 11 is 5.94. The minimum absolute atomic E-state index is 0.00904. The van der Waals surface area contributed by atoms with E-state index in [0.717, 1.165) is 17.5 Å². The number of carbonyl (C=O) groups excluding carboxylic acids is 2. The fourth-order valence-corrected chi connectivity index (χ4v) is 6.71. The predicted molar refractivity (Wildman–Crippen MR) is 151 cm³/mol. The third-order valence-electron chi connectivity index (χ3n) is 7.25. The number of anilines is 1. The largest absolute Gasteiger partial charge is 0.325 e. The second kappa shape index (κ2) is 10.9. The van der Waals surface area contributed by atoms with Gasteiger partial charge in [0.1, 0.15) is 5.54 Å². The summed E-state index contributed by atoms with van der Waals surface area (Å²) in [5, 5.41) is 3.21. The van der Waals surface area contributed by atoms with E-state index in [1.807, 2.05) is 54.6 Å². The highest BCUT2D eigenvalue weighted by atomic mass is 35.5. The van der Waals surface area contributed by atoms with Crippen molar-refractivity contribution in [3.63, 3.8) is 0 Å². The Morgan fingerprint density at radius 3 is 2.28 bits per heavy atom. The summed E-state index contributed by atoms with van der Waals surface area (Å²) in [6.45, 7) is 0. The van der Waals surface area contributed by atoms with Gasteiger partial charge in [-0.05, 0) is 43.2 Å². The van der Waals surface area contributed by atoms with Crippen molar-refractivity contribution in [2.45, 2.75) is 48.7 Å². The molecule has 8 nitrogen and oxygen atoms in total. The average Bonchev–Trinajstić information content (AvgIpc) is 3.04. The average molecular weight is 565 g/mol. The fraction of sp³-hybridized carbons (Fsp3) is 0.276. The van der Waals surface area contributed by atoms with Crippen molar-refractivity contribution in [1.82, 2.24) is 10.0 Å². The molecule has 0 spiro atoms. The highest BCUT2D eigenvalue weighted by Crippen LogP contribution is 2.32. The molecular formula is C29H29ClN4O4S. The van der Waals surface area contributed by atoms with Crippen LogP contribution in [-0.4, -0.2) is 44.7 Å². The van der Waals surface area contributed by atoms with Crippen molar-refractivity contribution >= 4 is 44.8 Å². The van der Waals surface area contributed by atoms with E-state index in [1.165, 1.54) is 29.2 Å². The number of aliphatic imine (C=N–C) groups is 1. The minimum Gasteiger partial charge on any atom is -0.325 e. The van der Waals surface area contributed by atoms with E-state index in [9.17, 15) is 18.0 Å². The molecule has 2 amide bonds. The van der Waals surface area contributed by atoms with Crippen LogP contribution in [0.5, 0.6) is 0 Å². The second-order valence-electron chi connectivity index (χ2n) is 9.84. The SMILES string of the molecule is CN1C(=O)C(NC(=O)C2(NS(=O)(=O)c3ccc(Cl)cc3)CCCCC2)N=C(c2ccccc2)c2ccccc21. The molecule has 2 N–H and O–H groups in total. The van der Waals surface area contributed by atoms with Crippen LogP contribution in [0.4, 0.5) is 5.69 Å². The maximum absolute atomic E-state index is 13.9. The highest BCUT2D eigenvalue weighted by molar-refractivity contribution is 7.89. The van der Waals surface area contributed by atoms with Crippen LogP contribution in [0.15, 0.2) is 88.8 Å². The Labute approximate surface area is 233 Å².